The highest BCUT2D eigenvalue weighted by Gasteiger charge is 2.24. The Morgan fingerprint density at radius 1 is 1.13 bits per heavy atom. The molecule has 1 unspecified atom stereocenters. The lowest BCUT2D eigenvalue weighted by Crippen LogP contribution is -3.00. The van der Waals surface area contributed by atoms with Gasteiger partial charge in [0.05, 0.1) is 0 Å². The lowest BCUT2D eigenvalue weighted by Gasteiger charge is -2.22. The zero-order valence-corrected chi connectivity index (χ0v) is 10.6. The molecule has 0 amide bonds. The molecule has 1 saturated carbocycles. The molecule has 84 valence electrons. The molecule has 15 heavy (non-hydrogen) atoms. The van der Waals surface area contributed by atoms with Crippen LogP contribution in [-0.2, 0) is 0 Å². The van der Waals surface area contributed by atoms with Crippen molar-refractivity contribution in [1.29, 1.82) is 0 Å². The lowest BCUT2D eigenvalue weighted by atomic mass is 9.85. The van der Waals surface area contributed by atoms with Crippen LogP contribution in [0, 0.1) is 5.92 Å². The van der Waals surface area contributed by atoms with Gasteiger partial charge in [-0.05, 0) is 36.8 Å². The summed E-state index contributed by atoms with van der Waals surface area (Å²) in [6.07, 6.45) is 5.54. The van der Waals surface area contributed by atoms with Gasteiger partial charge < -0.3 is 22.7 Å². The molecule has 0 aliphatic heterocycles. The van der Waals surface area contributed by atoms with Gasteiger partial charge >= 0.3 is 0 Å². The van der Waals surface area contributed by atoms with E-state index < -0.39 is 0 Å². The topological polar surface area (TPSA) is 26.0 Å². The van der Waals surface area contributed by atoms with E-state index in [0.717, 1.165) is 12.5 Å². The number of nitrogens with two attached hydrogens (primary N) is 1. The molecule has 0 heterocycles. The van der Waals surface area contributed by atoms with E-state index in [-0.39, 0.29) is 17.0 Å². The van der Waals surface area contributed by atoms with Crippen molar-refractivity contribution in [3.8, 4) is 0 Å². The van der Waals surface area contributed by atoms with Gasteiger partial charge in [-0.1, -0.05) is 43.2 Å². The third-order valence-electron chi connectivity index (χ3n) is 3.45. The SMILES string of the molecule is NCC(c1ccccc1)C1CCCC1.[Br-]. The normalized spacial score (nSPS) is 18.5. The third kappa shape index (κ3) is 3.05. The number of hydrogen-bond donors (Lipinski definition) is 1. The first kappa shape index (κ1) is 12.7. The van der Waals surface area contributed by atoms with Crippen molar-refractivity contribution in [1.82, 2.24) is 0 Å². The smallest absolute Gasteiger partial charge is 0.000556 e. The molecule has 2 heteroatoms. The molecule has 1 atom stereocenters. The second kappa shape index (κ2) is 6.29. The van der Waals surface area contributed by atoms with Gasteiger partial charge in [0, 0.05) is 0 Å². The third-order valence-corrected chi connectivity index (χ3v) is 3.45. The first-order valence-corrected chi connectivity index (χ1v) is 5.67. The van der Waals surface area contributed by atoms with E-state index in [1.165, 1.54) is 31.2 Å². The second-order valence-corrected chi connectivity index (χ2v) is 4.30. The Kier molecular flexibility index (Phi) is 5.34. The maximum atomic E-state index is 5.88. The largest absolute Gasteiger partial charge is 1.00 e. The monoisotopic (exact) mass is 268 g/mol. The lowest BCUT2D eigenvalue weighted by molar-refractivity contribution is -0.00000298. The van der Waals surface area contributed by atoms with Crippen LogP contribution in [0.3, 0.4) is 0 Å². The fraction of sp³-hybridized carbons (Fsp3) is 0.538. The second-order valence-electron chi connectivity index (χ2n) is 4.30. The summed E-state index contributed by atoms with van der Waals surface area (Å²) in [7, 11) is 0. The number of hydrogen-bond acceptors (Lipinski definition) is 1. The molecular weight excluding hydrogens is 250 g/mol. The van der Waals surface area contributed by atoms with Crippen molar-refractivity contribution in [2.45, 2.75) is 31.6 Å². The Morgan fingerprint density at radius 3 is 2.27 bits per heavy atom. The quantitative estimate of drug-likeness (QED) is 0.816. The summed E-state index contributed by atoms with van der Waals surface area (Å²) in [6.45, 7) is 0.800. The number of rotatable bonds is 3. The molecule has 1 aromatic rings. The Balaban J connectivity index is 0.00000112. The van der Waals surface area contributed by atoms with Gasteiger partial charge in [-0.2, -0.15) is 0 Å². The molecular formula is C13H19BrN-. The summed E-state index contributed by atoms with van der Waals surface area (Å²) in [5, 5.41) is 0. The summed E-state index contributed by atoms with van der Waals surface area (Å²) in [4.78, 5) is 0. The minimum atomic E-state index is 0. The van der Waals surface area contributed by atoms with Gasteiger partial charge in [0.1, 0.15) is 0 Å². The highest BCUT2D eigenvalue weighted by atomic mass is 79.9. The molecule has 0 saturated heterocycles. The molecule has 1 nitrogen and oxygen atoms in total. The van der Waals surface area contributed by atoms with Gasteiger partial charge in [-0.15, -0.1) is 0 Å². The van der Waals surface area contributed by atoms with Gasteiger partial charge in [0.15, 0.2) is 0 Å². The molecule has 2 N–H and O–H groups in total. The number of benzene rings is 1. The molecule has 1 aliphatic carbocycles. The van der Waals surface area contributed by atoms with Crippen LogP contribution in [0.2, 0.25) is 0 Å². The molecule has 1 aromatic carbocycles. The molecule has 2 rings (SSSR count). The maximum Gasteiger partial charge on any atom is -0.000556 e. The summed E-state index contributed by atoms with van der Waals surface area (Å²) in [6, 6.07) is 10.7. The Hall–Kier alpha value is -0.340. The van der Waals surface area contributed by atoms with Crippen LogP contribution in [0.25, 0.3) is 0 Å². The molecule has 1 fully saturated rings. The summed E-state index contributed by atoms with van der Waals surface area (Å²) in [5.74, 6) is 1.43. The highest BCUT2D eigenvalue weighted by Crippen LogP contribution is 2.36. The molecule has 1 aliphatic rings. The Labute approximate surface area is 103 Å². The van der Waals surface area contributed by atoms with E-state index in [9.17, 15) is 0 Å². The maximum absolute atomic E-state index is 5.88. The standard InChI is InChI=1S/C13H19N.BrH/c14-10-13(12-8-4-5-9-12)11-6-2-1-3-7-11;/h1-3,6-7,12-13H,4-5,8-10,14H2;1H/p-1. The zero-order valence-electron chi connectivity index (χ0n) is 9.03. The van der Waals surface area contributed by atoms with Crippen molar-refractivity contribution in [3.05, 3.63) is 35.9 Å². The van der Waals surface area contributed by atoms with Crippen LogP contribution in [0.4, 0.5) is 0 Å². The van der Waals surface area contributed by atoms with Crippen LogP contribution in [0.5, 0.6) is 0 Å². The zero-order chi connectivity index (χ0) is 9.80. The van der Waals surface area contributed by atoms with E-state index in [2.05, 4.69) is 30.3 Å². The minimum Gasteiger partial charge on any atom is -1.00 e. The van der Waals surface area contributed by atoms with Crippen LogP contribution >= 0.6 is 0 Å². The van der Waals surface area contributed by atoms with Crippen LogP contribution in [0.1, 0.15) is 37.2 Å². The molecule has 0 radical (unpaired) electrons. The summed E-state index contributed by atoms with van der Waals surface area (Å²) < 4.78 is 0. The van der Waals surface area contributed by atoms with Crippen molar-refractivity contribution < 1.29 is 17.0 Å². The van der Waals surface area contributed by atoms with E-state index in [4.69, 9.17) is 5.73 Å². The molecule has 0 bridgehead atoms. The van der Waals surface area contributed by atoms with E-state index in [1.807, 2.05) is 0 Å². The molecule has 0 aromatic heterocycles. The van der Waals surface area contributed by atoms with Gasteiger partial charge in [0.25, 0.3) is 0 Å². The molecule has 0 spiro atoms. The predicted octanol–water partition coefficient (Wildman–Crippen LogP) is -0.0769. The van der Waals surface area contributed by atoms with Gasteiger partial charge in [-0.3, -0.25) is 0 Å². The minimum absolute atomic E-state index is 0. The first-order valence-electron chi connectivity index (χ1n) is 5.67. The highest BCUT2D eigenvalue weighted by molar-refractivity contribution is 5.21. The number of halogens is 1. The first-order chi connectivity index (χ1) is 6.92. The van der Waals surface area contributed by atoms with E-state index >= 15 is 0 Å². The predicted molar refractivity (Wildman–Crippen MR) is 60.2 cm³/mol. The summed E-state index contributed by atoms with van der Waals surface area (Å²) in [5.41, 5.74) is 7.32. The average Bonchev–Trinajstić information content (AvgIpc) is 2.74. The Bertz CT molecular complexity index is 267. The van der Waals surface area contributed by atoms with Crippen LogP contribution in [0.15, 0.2) is 30.3 Å². The van der Waals surface area contributed by atoms with E-state index in [1.54, 1.807) is 0 Å². The van der Waals surface area contributed by atoms with Crippen LogP contribution < -0.4 is 22.7 Å². The van der Waals surface area contributed by atoms with Crippen molar-refractivity contribution in [2.24, 2.45) is 11.7 Å². The Morgan fingerprint density at radius 2 is 1.73 bits per heavy atom. The van der Waals surface area contributed by atoms with E-state index in [0.29, 0.717) is 5.92 Å². The van der Waals surface area contributed by atoms with Crippen molar-refractivity contribution in [2.75, 3.05) is 6.54 Å². The summed E-state index contributed by atoms with van der Waals surface area (Å²) >= 11 is 0. The van der Waals surface area contributed by atoms with Crippen LogP contribution in [-0.4, -0.2) is 6.54 Å². The van der Waals surface area contributed by atoms with Gasteiger partial charge in [0.2, 0.25) is 0 Å². The average molecular weight is 269 g/mol. The fourth-order valence-corrected chi connectivity index (χ4v) is 2.66. The van der Waals surface area contributed by atoms with Crippen molar-refractivity contribution in [3.63, 3.8) is 0 Å². The fourth-order valence-electron chi connectivity index (χ4n) is 2.66. The van der Waals surface area contributed by atoms with Gasteiger partial charge in [-0.25, -0.2) is 0 Å². The van der Waals surface area contributed by atoms with Crippen molar-refractivity contribution >= 4 is 0 Å².